The molecule has 0 radical (unpaired) electrons. The van der Waals surface area contributed by atoms with E-state index in [1.807, 2.05) is 6.92 Å². The number of nitrogens with one attached hydrogen (secondary N) is 1. The number of thiocarbonyl (C=S) groups is 1. The van der Waals surface area contributed by atoms with E-state index in [-0.39, 0.29) is 0 Å². The zero-order valence-corrected chi connectivity index (χ0v) is 5.68. The topological polar surface area (TPSA) is 23.9 Å². The fourth-order valence-electron chi connectivity index (χ4n) is 0.155. The second-order valence-corrected chi connectivity index (χ2v) is 3.09. The molecule has 0 aromatic carbocycles. The fourth-order valence-corrected chi connectivity index (χ4v) is 0.668. The molecule has 40 valence electrons. The first-order valence-corrected chi connectivity index (χ1v) is 3.26. The van der Waals surface area contributed by atoms with Crippen LogP contribution >= 0.6 is 24.0 Å². The summed E-state index contributed by atoms with van der Waals surface area (Å²) >= 11 is 6.27. The Balaban J connectivity index is 3.05. The molecule has 3 heteroatoms. The SMILES string of the molecule is [3H]N=CCSC(C)=S. The molecular weight excluding hydrogens is 126 g/mol. The number of thioether (sulfide) groups is 1. The first-order chi connectivity index (χ1) is 3.77. The molecule has 0 bridgehead atoms. The largest absolute Gasteiger partial charge is 0.312 e. The van der Waals surface area contributed by atoms with Gasteiger partial charge in [-0.2, -0.15) is 0 Å². The van der Waals surface area contributed by atoms with Crippen molar-refractivity contribution in [2.24, 2.45) is 0 Å². The maximum Gasteiger partial charge on any atom is 0.187 e. The Hall–Kier alpha value is 0.110. The lowest BCUT2D eigenvalue weighted by atomic mass is 10.9. The molecule has 0 aliphatic carbocycles. The van der Waals surface area contributed by atoms with Gasteiger partial charge >= 0.3 is 0 Å². The Morgan fingerprint density at radius 2 is 3.00 bits per heavy atom. The molecule has 0 heterocycles. The molecule has 0 fully saturated rings. The molecule has 0 atom stereocenters. The molecule has 0 rings (SSSR count). The predicted octanol–water partition coefficient (Wildman–Crippen LogP) is 1.72. The quantitative estimate of drug-likeness (QED) is 0.460. The molecule has 7 heavy (non-hydrogen) atoms. The van der Waals surface area contributed by atoms with Crippen LogP contribution in [-0.4, -0.2) is 16.2 Å². The van der Waals surface area contributed by atoms with Gasteiger partial charge in [0.2, 0.25) is 0 Å². The smallest absolute Gasteiger partial charge is 0.187 e. The summed E-state index contributed by atoms with van der Waals surface area (Å²) in [5.41, 5.74) is 0. The van der Waals surface area contributed by atoms with Gasteiger partial charge in [0.05, 0.1) is 0 Å². The van der Waals surface area contributed by atoms with Crippen molar-refractivity contribution in [3.8, 4) is 0 Å². The van der Waals surface area contributed by atoms with Crippen LogP contribution in [0.5, 0.6) is 0 Å². The first kappa shape index (κ1) is 5.25. The Bertz CT molecular complexity index is 102. The first-order valence-electron chi connectivity index (χ1n) is 2.31. The van der Waals surface area contributed by atoms with Crippen molar-refractivity contribution in [1.29, 1.82) is 5.40 Å². The molecule has 0 aromatic heterocycles. The van der Waals surface area contributed by atoms with E-state index >= 15 is 0 Å². The van der Waals surface area contributed by atoms with Gasteiger partial charge in [-0.1, -0.05) is 12.2 Å². The minimum Gasteiger partial charge on any atom is -0.312 e. The highest BCUT2D eigenvalue weighted by molar-refractivity contribution is 8.23. The van der Waals surface area contributed by atoms with Crippen molar-refractivity contribution in [3.63, 3.8) is 0 Å². The van der Waals surface area contributed by atoms with Crippen LogP contribution in [0.25, 0.3) is 0 Å². The predicted molar refractivity (Wildman–Crippen MR) is 39.5 cm³/mol. The lowest BCUT2D eigenvalue weighted by Crippen LogP contribution is -1.81. The van der Waals surface area contributed by atoms with Crippen molar-refractivity contribution in [2.45, 2.75) is 6.92 Å². The van der Waals surface area contributed by atoms with Gasteiger partial charge in [-0.05, 0) is 6.92 Å². The lowest BCUT2D eigenvalue weighted by Gasteiger charge is -1.85. The zero-order valence-electron chi connectivity index (χ0n) is 5.05. The van der Waals surface area contributed by atoms with Crippen LogP contribution in [0.3, 0.4) is 0 Å². The lowest BCUT2D eigenvalue weighted by molar-refractivity contribution is 1.56. The highest BCUT2D eigenvalue weighted by atomic mass is 32.2. The van der Waals surface area contributed by atoms with Crippen molar-refractivity contribution in [1.82, 2.24) is 0 Å². The van der Waals surface area contributed by atoms with Crippen molar-refractivity contribution < 1.29 is 1.41 Å². The van der Waals surface area contributed by atoms with E-state index in [0.717, 1.165) is 9.95 Å². The Labute approximate surface area is 54.5 Å². The van der Waals surface area contributed by atoms with Crippen LogP contribution in [-0.2, 0) is 0 Å². The number of rotatable bonds is 2. The average Bonchev–Trinajstić information content (AvgIpc) is 1.66. The summed E-state index contributed by atoms with van der Waals surface area (Å²) in [4.78, 5) is 0. The third kappa shape index (κ3) is 6.11. The molecule has 0 spiro atoms. The highest BCUT2D eigenvalue weighted by Crippen LogP contribution is 1.99. The standard InChI is InChI=1S/C4H7NS2/c1-4(6)7-3-2-5/h2,5H,3H2,1H3/i/hT. The molecule has 1 nitrogen and oxygen atoms in total. The van der Waals surface area contributed by atoms with E-state index in [1.165, 1.54) is 18.0 Å². The van der Waals surface area contributed by atoms with E-state index in [1.54, 1.807) is 0 Å². The van der Waals surface area contributed by atoms with Crippen molar-refractivity contribution in [2.75, 3.05) is 5.75 Å². The summed E-state index contributed by atoms with van der Waals surface area (Å²) in [6.07, 6.45) is 1.51. The van der Waals surface area contributed by atoms with E-state index in [2.05, 4.69) is 5.40 Å². The van der Waals surface area contributed by atoms with Crippen molar-refractivity contribution >= 4 is 34.4 Å². The molecular formula is C4H7NS2. The van der Waals surface area contributed by atoms with Crippen LogP contribution < -0.4 is 0 Å². The number of hydrogen-bond donors (Lipinski definition) is 1. The molecule has 0 aliphatic rings. The van der Waals surface area contributed by atoms with Gasteiger partial charge in [0, 0.05) is 16.2 Å². The molecule has 0 amide bonds. The Kier molecular flexibility index (Phi) is 3.21. The minimum atomic E-state index is 0.721. The van der Waals surface area contributed by atoms with Gasteiger partial charge in [-0.3, -0.25) is 0 Å². The Morgan fingerprint density at radius 3 is 3.43 bits per heavy atom. The molecule has 1 N–H and O–H groups in total. The van der Waals surface area contributed by atoms with Crippen LogP contribution in [0.2, 0.25) is 1.41 Å². The van der Waals surface area contributed by atoms with E-state index in [4.69, 9.17) is 13.6 Å². The van der Waals surface area contributed by atoms with Crippen LogP contribution in [0.15, 0.2) is 0 Å². The van der Waals surface area contributed by atoms with E-state index < -0.39 is 0 Å². The maximum absolute atomic E-state index is 6.36. The maximum atomic E-state index is 6.36. The normalized spacial score (nSPS) is 11.9. The molecule has 0 saturated heterocycles. The summed E-state index contributed by atoms with van der Waals surface area (Å²) in [6, 6.07) is 0. The van der Waals surface area contributed by atoms with Crippen LogP contribution in [0.4, 0.5) is 0 Å². The van der Waals surface area contributed by atoms with Crippen LogP contribution in [0.1, 0.15) is 6.92 Å². The third-order valence-electron chi connectivity index (χ3n) is 0.361. The van der Waals surface area contributed by atoms with Gasteiger partial charge in [-0.25, -0.2) is 0 Å². The molecule has 0 aliphatic heterocycles. The molecule has 0 aromatic rings. The highest BCUT2D eigenvalue weighted by Gasteiger charge is 1.81. The monoisotopic (exact) mass is 135 g/mol. The molecule has 0 saturated carbocycles. The third-order valence-corrected chi connectivity index (χ3v) is 1.44. The van der Waals surface area contributed by atoms with E-state index in [0.29, 0.717) is 0 Å². The van der Waals surface area contributed by atoms with Crippen molar-refractivity contribution in [3.05, 3.63) is 0 Å². The average molecular weight is 135 g/mol. The summed E-state index contributed by atoms with van der Waals surface area (Å²) in [7, 11) is 0. The Morgan fingerprint density at radius 1 is 2.29 bits per heavy atom. The van der Waals surface area contributed by atoms with Gasteiger partial charge in [0.15, 0.2) is 1.41 Å². The van der Waals surface area contributed by atoms with Crippen LogP contribution in [0, 0.1) is 5.40 Å². The summed E-state index contributed by atoms with van der Waals surface area (Å²) in [5, 5.41) is 3.05. The summed E-state index contributed by atoms with van der Waals surface area (Å²) in [5.74, 6) is 0.721. The summed E-state index contributed by atoms with van der Waals surface area (Å²) in [6.45, 7) is 1.86. The van der Waals surface area contributed by atoms with Gasteiger partial charge in [0.25, 0.3) is 0 Å². The second-order valence-electron chi connectivity index (χ2n) is 0.985. The minimum absolute atomic E-state index is 0.721. The van der Waals surface area contributed by atoms with Gasteiger partial charge in [-0.15, -0.1) is 11.8 Å². The molecule has 0 unspecified atom stereocenters. The fraction of sp³-hybridized carbons (Fsp3) is 0.500. The van der Waals surface area contributed by atoms with E-state index in [9.17, 15) is 0 Å². The number of hydrogen-bond acceptors (Lipinski definition) is 3. The summed E-state index contributed by atoms with van der Waals surface area (Å²) < 4.78 is 7.25. The van der Waals surface area contributed by atoms with Gasteiger partial charge in [0.1, 0.15) is 0 Å². The zero-order chi connectivity index (χ0) is 6.41. The second kappa shape index (κ2) is 4.27. The van der Waals surface area contributed by atoms with Gasteiger partial charge < -0.3 is 5.40 Å².